The summed E-state index contributed by atoms with van der Waals surface area (Å²) in [6.07, 6.45) is 4.75. The first-order chi connectivity index (χ1) is 29.9. The smallest absolute Gasteiger partial charge is 0.339 e. The largest absolute Gasteiger partial charge is 0.483 e. The lowest BCUT2D eigenvalue weighted by atomic mass is 9.72. The minimum atomic E-state index is -1.25. The topological polar surface area (TPSA) is 142 Å². The first kappa shape index (κ1) is 42.9. The van der Waals surface area contributed by atoms with Crippen LogP contribution in [0.4, 0.5) is 0 Å². The molecule has 10 heteroatoms. The van der Waals surface area contributed by atoms with Crippen molar-refractivity contribution in [3.8, 4) is 5.75 Å². The van der Waals surface area contributed by atoms with Gasteiger partial charge in [0.2, 0.25) is 0 Å². The molecule has 0 radical (unpaired) electrons. The van der Waals surface area contributed by atoms with Gasteiger partial charge in [-0.2, -0.15) is 0 Å². The number of esters is 2. The van der Waals surface area contributed by atoms with Gasteiger partial charge in [0.05, 0.1) is 18.8 Å². The Labute approximate surface area is 361 Å². The second-order valence-corrected chi connectivity index (χ2v) is 17.4. The summed E-state index contributed by atoms with van der Waals surface area (Å²) in [7, 11) is 0. The van der Waals surface area contributed by atoms with E-state index in [4.69, 9.17) is 23.4 Å². The Kier molecular flexibility index (Phi) is 12.6. The van der Waals surface area contributed by atoms with Crippen LogP contribution >= 0.6 is 0 Å². The van der Waals surface area contributed by atoms with Gasteiger partial charge in [-0.05, 0) is 105 Å². The van der Waals surface area contributed by atoms with Crippen LogP contribution in [-0.4, -0.2) is 47.3 Å². The number of aliphatic hydroxyl groups excluding tert-OH is 2. The van der Waals surface area contributed by atoms with Crippen LogP contribution < -0.4 is 10.4 Å². The standard InChI is InChI=1S/C52H54O10/c1-31(2)39-19-15-32-13-16-35(17-14-32)40-20-18-37(36-12-8-11-34(26-36)25-33-9-6-5-7-10-33)27-38(40)28-45(55)59-48-46-44(62-52(3,4)49(48)61-50(39)56)22-21-41-43(29-53)42(23-24-58-30-54)51(57)60-47(41)46/h5-14,16-18,20-22,26,37-38,40,48-49,53-54H,15,19,23-25,27-30H2,1-4H3/t37-,38+,40-,48+,49-/m0/s1. The van der Waals surface area contributed by atoms with Crippen molar-refractivity contribution in [2.75, 3.05) is 13.4 Å². The number of carbonyl (C=O) groups is 2. The number of fused-ring (bicyclic) bond motifs is 11. The molecule has 62 heavy (non-hydrogen) atoms. The molecule has 2 N–H and O–H groups in total. The maximum atomic E-state index is 14.7. The molecule has 10 nitrogen and oxygen atoms in total. The molecule has 322 valence electrons. The van der Waals surface area contributed by atoms with E-state index >= 15 is 0 Å². The maximum Gasteiger partial charge on any atom is 0.339 e. The van der Waals surface area contributed by atoms with E-state index in [0.717, 1.165) is 23.1 Å². The highest BCUT2D eigenvalue weighted by molar-refractivity contribution is 5.90. The fourth-order valence-electron chi connectivity index (χ4n) is 9.47. The minimum absolute atomic E-state index is 0.0221. The fraction of sp³-hybridized carbons (Fsp3) is 0.365. The molecule has 0 saturated carbocycles. The molecule has 0 saturated heterocycles. The molecule has 9 rings (SSSR count). The van der Waals surface area contributed by atoms with E-state index < -0.39 is 48.8 Å². The van der Waals surface area contributed by atoms with Gasteiger partial charge in [0.25, 0.3) is 0 Å². The van der Waals surface area contributed by atoms with Crippen molar-refractivity contribution in [2.45, 2.75) is 102 Å². The maximum absolute atomic E-state index is 14.7. The van der Waals surface area contributed by atoms with Crippen LogP contribution in [0.2, 0.25) is 0 Å². The van der Waals surface area contributed by atoms with Crippen molar-refractivity contribution in [3.63, 3.8) is 0 Å². The van der Waals surface area contributed by atoms with Crippen LogP contribution in [0.5, 0.6) is 5.75 Å². The third kappa shape index (κ3) is 8.91. The van der Waals surface area contributed by atoms with E-state index in [9.17, 15) is 24.6 Å². The summed E-state index contributed by atoms with van der Waals surface area (Å²) in [6.45, 7) is 6.30. The molecule has 2 bridgehead atoms. The number of aliphatic hydroxyl groups is 2. The quantitative estimate of drug-likeness (QED) is 0.0389. The van der Waals surface area contributed by atoms with E-state index in [1.54, 1.807) is 26.0 Å². The Bertz CT molecular complexity index is 2560. The number of ether oxygens (including phenoxy) is 4. The van der Waals surface area contributed by atoms with Crippen molar-refractivity contribution in [2.24, 2.45) is 5.92 Å². The molecular formula is C52H54O10. The Morgan fingerprint density at radius 3 is 2.34 bits per heavy atom. The zero-order valence-corrected chi connectivity index (χ0v) is 35.7. The molecule has 1 aromatic heterocycles. The van der Waals surface area contributed by atoms with Gasteiger partial charge in [0.15, 0.2) is 12.2 Å². The first-order valence-electron chi connectivity index (χ1n) is 21.5. The second kappa shape index (κ2) is 18.3. The van der Waals surface area contributed by atoms with Gasteiger partial charge in [0, 0.05) is 41.2 Å². The van der Waals surface area contributed by atoms with Crippen LogP contribution in [0.15, 0.2) is 124 Å². The van der Waals surface area contributed by atoms with Crippen LogP contribution in [-0.2, 0) is 49.7 Å². The predicted octanol–water partition coefficient (Wildman–Crippen LogP) is 8.87. The normalized spacial score (nSPS) is 22.2. The van der Waals surface area contributed by atoms with Crippen LogP contribution in [0.3, 0.4) is 0 Å². The highest BCUT2D eigenvalue weighted by Crippen LogP contribution is 2.49. The minimum Gasteiger partial charge on any atom is -0.483 e. The Hall–Kier alpha value is -5.81. The molecule has 3 aliphatic heterocycles. The second-order valence-electron chi connectivity index (χ2n) is 17.4. The molecular weight excluding hydrogens is 785 g/mol. The van der Waals surface area contributed by atoms with Gasteiger partial charge in [-0.3, -0.25) is 4.79 Å². The number of hydrogen-bond donors (Lipinski definition) is 2. The molecule has 5 aromatic rings. The summed E-state index contributed by atoms with van der Waals surface area (Å²) in [5, 5.41) is 20.2. The molecule has 1 aliphatic carbocycles. The zero-order chi connectivity index (χ0) is 43.5. The molecule has 0 fully saturated rings. The van der Waals surface area contributed by atoms with Gasteiger partial charge in [-0.25, -0.2) is 9.59 Å². The lowest BCUT2D eigenvalue weighted by molar-refractivity contribution is -0.188. The van der Waals surface area contributed by atoms with Gasteiger partial charge < -0.3 is 33.6 Å². The SMILES string of the molecule is CC(C)=C1CCc2ccc(cc2)[C@@H]2C=C[C@H](c3cccc(Cc4ccccc4)c3)C[C@@H]2CC(=O)O[C@@H]2c3c(ccc4c(CO)c(CCOCO)c(=O)oc34)OC(C)(C)[C@H]2OC1=O. The molecule has 0 unspecified atom stereocenters. The number of aryl methyl sites for hydroxylation is 1. The van der Waals surface area contributed by atoms with Crippen molar-refractivity contribution >= 4 is 22.9 Å². The highest BCUT2D eigenvalue weighted by Gasteiger charge is 2.51. The number of allylic oxidation sites excluding steroid dienone is 3. The van der Waals surface area contributed by atoms with E-state index in [0.29, 0.717) is 41.5 Å². The molecule has 0 spiro atoms. The summed E-state index contributed by atoms with van der Waals surface area (Å²) in [4.78, 5) is 42.7. The van der Waals surface area contributed by atoms with E-state index in [-0.39, 0.29) is 53.9 Å². The summed E-state index contributed by atoms with van der Waals surface area (Å²) >= 11 is 0. The summed E-state index contributed by atoms with van der Waals surface area (Å²) < 4.78 is 30.7. The molecule has 5 atom stereocenters. The highest BCUT2D eigenvalue weighted by atomic mass is 16.6. The molecule has 4 heterocycles. The number of rotatable bonds is 8. The van der Waals surface area contributed by atoms with Gasteiger partial charge in [-0.15, -0.1) is 0 Å². The van der Waals surface area contributed by atoms with E-state index in [1.165, 1.54) is 16.7 Å². The molecule has 0 amide bonds. The summed E-state index contributed by atoms with van der Waals surface area (Å²) in [5.74, 6) is -0.953. The molecule has 4 aromatic carbocycles. The van der Waals surface area contributed by atoms with E-state index in [2.05, 4.69) is 84.9 Å². The fourth-order valence-corrected chi connectivity index (χ4v) is 9.47. The lowest BCUT2D eigenvalue weighted by Gasteiger charge is -2.43. The van der Waals surface area contributed by atoms with Crippen molar-refractivity contribution < 1.29 is 43.2 Å². The third-order valence-electron chi connectivity index (χ3n) is 12.7. The summed E-state index contributed by atoms with van der Waals surface area (Å²) in [5.41, 5.74) is 5.97. The monoisotopic (exact) mass is 838 g/mol. The number of carbonyl (C=O) groups excluding carboxylic acids is 2. The predicted molar refractivity (Wildman–Crippen MR) is 235 cm³/mol. The Morgan fingerprint density at radius 2 is 1.60 bits per heavy atom. The average Bonchev–Trinajstić information content (AvgIpc) is 3.25. The van der Waals surface area contributed by atoms with Crippen LogP contribution in [0, 0.1) is 5.92 Å². The third-order valence-corrected chi connectivity index (χ3v) is 12.7. The summed E-state index contributed by atoms with van der Waals surface area (Å²) in [6, 6.07) is 30.9. The lowest BCUT2D eigenvalue weighted by Crippen LogP contribution is -2.52. The Balaban J connectivity index is 1.21. The first-order valence-corrected chi connectivity index (χ1v) is 21.5. The number of benzene rings is 4. The van der Waals surface area contributed by atoms with Gasteiger partial charge in [0.1, 0.15) is 23.7 Å². The van der Waals surface area contributed by atoms with E-state index in [1.807, 2.05) is 19.9 Å². The average molecular weight is 839 g/mol. The van der Waals surface area contributed by atoms with Crippen molar-refractivity contribution in [1.29, 1.82) is 0 Å². The van der Waals surface area contributed by atoms with Crippen LogP contribution in [0.25, 0.3) is 11.0 Å². The zero-order valence-electron chi connectivity index (χ0n) is 35.7. The van der Waals surface area contributed by atoms with Crippen molar-refractivity contribution in [1.82, 2.24) is 0 Å². The van der Waals surface area contributed by atoms with Crippen molar-refractivity contribution in [3.05, 3.63) is 169 Å². The Morgan fingerprint density at radius 1 is 0.823 bits per heavy atom. The van der Waals surface area contributed by atoms with Gasteiger partial charge >= 0.3 is 17.6 Å². The van der Waals surface area contributed by atoms with Crippen LogP contribution in [0.1, 0.15) is 109 Å². The molecule has 4 aliphatic rings. The van der Waals surface area contributed by atoms with Gasteiger partial charge in [-0.1, -0.05) is 96.6 Å². The number of hydrogen-bond acceptors (Lipinski definition) is 10.